The number of rotatable bonds is 8. The zero-order valence-electron chi connectivity index (χ0n) is 11.4. The van der Waals surface area contributed by atoms with Crippen molar-refractivity contribution >= 4 is 17.3 Å². The van der Waals surface area contributed by atoms with Crippen LogP contribution in [0.15, 0.2) is 22.8 Å². The second kappa shape index (κ2) is 7.50. The number of nitrogens with zero attached hydrogens (tertiary/aromatic N) is 1. The molecular formula is C14H22N2O2S. The summed E-state index contributed by atoms with van der Waals surface area (Å²) in [4.78, 5) is 2.23. The van der Waals surface area contributed by atoms with Gasteiger partial charge in [0.15, 0.2) is 5.11 Å². The Labute approximate surface area is 120 Å². The number of nitrogens with one attached hydrogen (secondary N) is 1. The minimum Gasteiger partial charge on any atom is -0.467 e. The fourth-order valence-electron chi connectivity index (χ4n) is 1.94. The third-order valence-electron chi connectivity index (χ3n) is 3.10. The Morgan fingerprint density at radius 1 is 1.58 bits per heavy atom. The van der Waals surface area contributed by atoms with Crippen LogP contribution in [0.4, 0.5) is 0 Å². The van der Waals surface area contributed by atoms with Gasteiger partial charge in [-0.3, -0.25) is 0 Å². The van der Waals surface area contributed by atoms with E-state index >= 15 is 0 Å². The average Bonchev–Trinajstić information content (AvgIpc) is 3.12. The fourth-order valence-corrected chi connectivity index (χ4v) is 2.25. The lowest BCUT2D eigenvalue weighted by Gasteiger charge is -2.24. The molecule has 5 heteroatoms. The van der Waals surface area contributed by atoms with E-state index in [1.54, 1.807) is 6.26 Å². The highest BCUT2D eigenvalue weighted by atomic mass is 32.1. The van der Waals surface area contributed by atoms with E-state index in [4.69, 9.17) is 21.4 Å². The summed E-state index contributed by atoms with van der Waals surface area (Å²) >= 11 is 5.48. The molecule has 0 bridgehead atoms. The minimum atomic E-state index is 0.581. The highest BCUT2D eigenvalue weighted by Gasteiger charge is 2.31. The van der Waals surface area contributed by atoms with Gasteiger partial charge in [-0.1, -0.05) is 0 Å². The molecular weight excluding hydrogens is 260 g/mol. The summed E-state index contributed by atoms with van der Waals surface area (Å²) in [7, 11) is 0. The monoisotopic (exact) mass is 282 g/mol. The predicted molar refractivity (Wildman–Crippen MR) is 79.0 cm³/mol. The molecule has 0 aliphatic heterocycles. The standard InChI is InChI=1S/C14H22N2O2S/c1-2-17-9-4-8-15-14(19)16(12-6-7-12)11-13-5-3-10-18-13/h3,5,10,12H,2,4,6-9,11H2,1H3,(H,15,19). The van der Waals surface area contributed by atoms with Gasteiger partial charge in [0.1, 0.15) is 5.76 Å². The third kappa shape index (κ3) is 4.84. The highest BCUT2D eigenvalue weighted by molar-refractivity contribution is 7.80. The van der Waals surface area contributed by atoms with Gasteiger partial charge in [0.05, 0.1) is 12.8 Å². The molecule has 1 N–H and O–H groups in total. The predicted octanol–water partition coefficient (Wildman–Crippen LogP) is 2.55. The highest BCUT2D eigenvalue weighted by Crippen LogP contribution is 2.28. The Kier molecular flexibility index (Phi) is 5.66. The van der Waals surface area contributed by atoms with Gasteiger partial charge in [-0.05, 0) is 50.5 Å². The number of hydrogen-bond acceptors (Lipinski definition) is 3. The second-order valence-electron chi connectivity index (χ2n) is 4.72. The zero-order chi connectivity index (χ0) is 13.5. The second-order valence-corrected chi connectivity index (χ2v) is 5.11. The average molecular weight is 282 g/mol. The molecule has 0 amide bonds. The number of ether oxygens (including phenoxy) is 1. The summed E-state index contributed by atoms with van der Waals surface area (Å²) in [5, 5.41) is 4.14. The maximum Gasteiger partial charge on any atom is 0.169 e. The molecule has 0 radical (unpaired) electrons. The molecule has 1 aromatic rings. The molecule has 1 heterocycles. The van der Waals surface area contributed by atoms with E-state index in [-0.39, 0.29) is 0 Å². The molecule has 2 rings (SSSR count). The largest absolute Gasteiger partial charge is 0.467 e. The number of thiocarbonyl (C=S) groups is 1. The van der Waals surface area contributed by atoms with Crippen molar-refractivity contribution in [3.63, 3.8) is 0 Å². The van der Waals surface area contributed by atoms with Crippen molar-refractivity contribution in [1.82, 2.24) is 10.2 Å². The third-order valence-corrected chi connectivity index (χ3v) is 3.48. The normalized spacial score (nSPS) is 14.4. The molecule has 0 spiro atoms. The van der Waals surface area contributed by atoms with Crippen molar-refractivity contribution in [2.24, 2.45) is 0 Å². The summed E-state index contributed by atoms with van der Waals surface area (Å²) in [6.07, 6.45) is 5.13. The Hall–Kier alpha value is -1.07. The van der Waals surface area contributed by atoms with Gasteiger partial charge in [-0.2, -0.15) is 0 Å². The molecule has 1 aliphatic carbocycles. The summed E-state index contributed by atoms with van der Waals surface area (Å²) in [5.41, 5.74) is 0. The quantitative estimate of drug-likeness (QED) is 0.586. The minimum absolute atomic E-state index is 0.581. The van der Waals surface area contributed by atoms with Gasteiger partial charge in [0.25, 0.3) is 0 Å². The van der Waals surface area contributed by atoms with Crippen LogP contribution < -0.4 is 5.32 Å². The molecule has 19 heavy (non-hydrogen) atoms. The van der Waals surface area contributed by atoms with Crippen LogP contribution in [-0.2, 0) is 11.3 Å². The molecule has 1 saturated carbocycles. The molecule has 1 aliphatic rings. The first-order valence-corrected chi connectivity index (χ1v) is 7.36. The van der Waals surface area contributed by atoms with Crippen molar-refractivity contribution in [2.75, 3.05) is 19.8 Å². The van der Waals surface area contributed by atoms with Gasteiger partial charge in [-0.25, -0.2) is 0 Å². The lowest BCUT2D eigenvalue weighted by molar-refractivity contribution is 0.145. The molecule has 106 valence electrons. The Morgan fingerprint density at radius 2 is 2.42 bits per heavy atom. The first-order valence-electron chi connectivity index (χ1n) is 6.96. The fraction of sp³-hybridized carbons (Fsp3) is 0.643. The Bertz CT molecular complexity index is 377. The molecule has 0 atom stereocenters. The topological polar surface area (TPSA) is 37.6 Å². The van der Waals surface area contributed by atoms with Gasteiger partial charge in [-0.15, -0.1) is 0 Å². The van der Waals surface area contributed by atoms with E-state index in [0.717, 1.165) is 43.6 Å². The first-order chi connectivity index (χ1) is 9.31. The van der Waals surface area contributed by atoms with Crippen molar-refractivity contribution in [3.8, 4) is 0 Å². The first kappa shape index (κ1) is 14.3. The SMILES string of the molecule is CCOCCCNC(=S)N(Cc1ccco1)C1CC1. The van der Waals surface area contributed by atoms with Crippen LogP contribution in [0, 0.1) is 0 Å². The van der Waals surface area contributed by atoms with Gasteiger partial charge in [0.2, 0.25) is 0 Å². The summed E-state index contributed by atoms with van der Waals surface area (Å²) in [5.74, 6) is 0.963. The van der Waals surface area contributed by atoms with E-state index < -0.39 is 0 Å². The lowest BCUT2D eigenvalue weighted by Crippen LogP contribution is -2.41. The maximum atomic E-state index is 5.48. The van der Waals surface area contributed by atoms with E-state index in [0.29, 0.717) is 6.04 Å². The van der Waals surface area contributed by atoms with Crippen molar-refractivity contribution in [3.05, 3.63) is 24.2 Å². The van der Waals surface area contributed by atoms with E-state index in [1.165, 1.54) is 12.8 Å². The summed E-state index contributed by atoms with van der Waals surface area (Å²) < 4.78 is 10.7. The molecule has 1 aromatic heterocycles. The van der Waals surface area contributed by atoms with Crippen molar-refractivity contribution in [2.45, 2.75) is 38.8 Å². The van der Waals surface area contributed by atoms with Crippen LogP contribution in [0.3, 0.4) is 0 Å². The van der Waals surface area contributed by atoms with E-state index in [9.17, 15) is 0 Å². The lowest BCUT2D eigenvalue weighted by atomic mass is 10.4. The Balaban J connectivity index is 1.73. The zero-order valence-corrected chi connectivity index (χ0v) is 12.2. The molecule has 0 unspecified atom stereocenters. The summed E-state index contributed by atoms with van der Waals surface area (Å²) in [6, 6.07) is 4.49. The molecule has 4 nitrogen and oxygen atoms in total. The number of furan rings is 1. The van der Waals surface area contributed by atoms with Crippen molar-refractivity contribution in [1.29, 1.82) is 0 Å². The molecule has 0 aromatic carbocycles. The van der Waals surface area contributed by atoms with E-state index in [2.05, 4.69) is 10.2 Å². The number of hydrogen-bond donors (Lipinski definition) is 1. The van der Waals surface area contributed by atoms with Gasteiger partial charge in [0, 0.05) is 25.8 Å². The smallest absolute Gasteiger partial charge is 0.169 e. The molecule has 1 fully saturated rings. The van der Waals surface area contributed by atoms with Gasteiger partial charge >= 0.3 is 0 Å². The van der Waals surface area contributed by atoms with Crippen LogP contribution in [0.1, 0.15) is 31.9 Å². The van der Waals surface area contributed by atoms with Gasteiger partial charge < -0.3 is 19.4 Å². The van der Waals surface area contributed by atoms with Crippen LogP contribution in [0.2, 0.25) is 0 Å². The van der Waals surface area contributed by atoms with Crippen LogP contribution in [0.5, 0.6) is 0 Å². The van der Waals surface area contributed by atoms with Crippen LogP contribution >= 0.6 is 12.2 Å². The van der Waals surface area contributed by atoms with Crippen LogP contribution in [0.25, 0.3) is 0 Å². The van der Waals surface area contributed by atoms with Crippen molar-refractivity contribution < 1.29 is 9.15 Å². The summed E-state index contributed by atoms with van der Waals surface area (Å²) in [6.45, 7) is 5.19. The Morgan fingerprint density at radius 3 is 3.05 bits per heavy atom. The van der Waals surface area contributed by atoms with Crippen LogP contribution in [-0.4, -0.2) is 35.8 Å². The molecule has 0 saturated heterocycles. The van der Waals surface area contributed by atoms with E-state index in [1.807, 2.05) is 19.1 Å². The maximum absolute atomic E-state index is 5.48.